The third-order valence-electron chi connectivity index (χ3n) is 5.15. The van der Waals surface area contributed by atoms with Crippen LogP contribution in [-0.2, 0) is 11.3 Å². The zero-order chi connectivity index (χ0) is 21.1. The number of aromatic nitrogens is 2. The van der Waals surface area contributed by atoms with Gasteiger partial charge in [0.15, 0.2) is 5.16 Å². The normalized spacial score (nSPS) is 13.7. The molecule has 1 fully saturated rings. The number of carbonyl (C=O) groups is 1. The van der Waals surface area contributed by atoms with E-state index < -0.39 is 0 Å². The average molecular weight is 487 g/mol. The van der Waals surface area contributed by atoms with Gasteiger partial charge in [0.25, 0.3) is 5.56 Å². The van der Waals surface area contributed by atoms with Crippen molar-refractivity contribution in [2.24, 2.45) is 0 Å². The van der Waals surface area contributed by atoms with E-state index in [1.165, 1.54) is 30.3 Å². The molecule has 1 aliphatic heterocycles. The number of benzene rings is 2. The molecule has 30 heavy (non-hydrogen) atoms. The number of rotatable bonds is 6. The maximum absolute atomic E-state index is 12.8. The van der Waals surface area contributed by atoms with Crippen molar-refractivity contribution >= 4 is 55.9 Å². The molecule has 6 nitrogen and oxygen atoms in total. The summed E-state index contributed by atoms with van der Waals surface area (Å²) in [4.78, 5) is 32.2. The molecule has 8 heteroatoms. The van der Waals surface area contributed by atoms with E-state index in [0.29, 0.717) is 22.6 Å². The van der Waals surface area contributed by atoms with Crippen LogP contribution >= 0.6 is 27.7 Å². The van der Waals surface area contributed by atoms with Gasteiger partial charge in [0.2, 0.25) is 5.91 Å². The van der Waals surface area contributed by atoms with E-state index in [1.807, 2.05) is 43.3 Å². The number of nitrogens with zero attached hydrogens (tertiary/aromatic N) is 3. The molecule has 0 bridgehead atoms. The quantitative estimate of drug-likeness (QED) is 0.410. The maximum atomic E-state index is 12.8. The van der Waals surface area contributed by atoms with Crippen LogP contribution < -0.4 is 15.8 Å². The van der Waals surface area contributed by atoms with Crippen molar-refractivity contribution in [1.82, 2.24) is 9.55 Å². The first-order valence-electron chi connectivity index (χ1n) is 10.0. The molecule has 1 amide bonds. The van der Waals surface area contributed by atoms with Gasteiger partial charge in [0.05, 0.1) is 16.7 Å². The Morgan fingerprint density at radius 1 is 1.17 bits per heavy atom. The van der Waals surface area contributed by atoms with Crippen LogP contribution in [0.15, 0.2) is 56.9 Å². The van der Waals surface area contributed by atoms with Gasteiger partial charge in [0, 0.05) is 35.5 Å². The van der Waals surface area contributed by atoms with E-state index in [2.05, 4.69) is 31.1 Å². The Labute approximate surface area is 187 Å². The van der Waals surface area contributed by atoms with Crippen molar-refractivity contribution in [2.75, 3.05) is 29.1 Å². The summed E-state index contributed by atoms with van der Waals surface area (Å²) in [5.74, 6) is 0.0595. The van der Waals surface area contributed by atoms with Crippen molar-refractivity contribution in [3.63, 3.8) is 0 Å². The lowest BCUT2D eigenvalue weighted by Gasteiger charge is -2.17. The Kier molecular flexibility index (Phi) is 6.43. The van der Waals surface area contributed by atoms with Crippen LogP contribution in [0.3, 0.4) is 0 Å². The number of nitrogens with one attached hydrogen (secondary N) is 1. The first-order chi connectivity index (χ1) is 14.5. The monoisotopic (exact) mass is 486 g/mol. The molecular weight excluding hydrogens is 464 g/mol. The molecule has 0 saturated carbocycles. The summed E-state index contributed by atoms with van der Waals surface area (Å²) in [6, 6.07) is 13.4. The summed E-state index contributed by atoms with van der Waals surface area (Å²) >= 11 is 4.68. The van der Waals surface area contributed by atoms with Crippen molar-refractivity contribution < 1.29 is 4.79 Å². The van der Waals surface area contributed by atoms with Crippen LogP contribution in [0.5, 0.6) is 0 Å². The van der Waals surface area contributed by atoms with Gasteiger partial charge in [-0.15, -0.1) is 0 Å². The zero-order valence-corrected chi connectivity index (χ0v) is 19.1. The fourth-order valence-electron chi connectivity index (χ4n) is 3.62. The van der Waals surface area contributed by atoms with Crippen molar-refractivity contribution in [3.05, 3.63) is 57.3 Å². The Morgan fingerprint density at radius 2 is 1.90 bits per heavy atom. The number of thioether (sulfide) groups is 1. The number of carbonyl (C=O) groups excluding carboxylic acids is 1. The molecule has 0 aliphatic carbocycles. The fourth-order valence-corrected chi connectivity index (χ4v) is 4.84. The number of hydrogen-bond acceptors (Lipinski definition) is 5. The first kappa shape index (κ1) is 20.9. The van der Waals surface area contributed by atoms with Gasteiger partial charge in [-0.1, -0.05) is 27.7 Å². The second-order valence-electron chi connectivity index (χ2n) is 7.18. The third-order valence-corrected chi connectivity index (χ3v) is 6.62. The predicted octanol–water partition coefficient (Wildman–Crippen LogP) is 4.51. The summed E-state index contributed by atoms with van der Waals surface area (Å²) in [5.41, 5.74) is 2.50. The van der Waals surface area contributed by atoms with Crippen molar-refractivity contribution in [2.45, 2.75) is 31.5 Å². The predicted molar refractivity (Wildman–Crippen MR) is 127 cm³/mol. The van der Waals surface area contributed by atoms with E-state index in [4.69, 9.17) is 0 Å². The van der Waals surface area contributed by atoms with Gasteiger partial charge in [0.1, 0.15) is 0 Å². The number of amides is 1. The summed E-state index contributed by atoms with van der Waals surface area (Å²) in [5, 5.41) is 4.05. The molecule has 0 radical (unpaired) electrons. The average Bonchev–Trinajstić information content (AvgIpc) is 3.28. The number of halogens is 1. The minimum absolute atomic E-state index is 0.0933. The molecule has 2 heterocycles. The van der Waals surface area contributed by atoms with E-state index in [1.54, 1.807) is 10.6 Å². The summed E-state index contributed by atoms with van der Waals surface area (Å²) in [7, 11) is 0. The lowest BCUT2D eigenvalue weighted by molar-refractivity contribution is -0.113. The minimum Gasteiger partial charge on any atom is -0.372 e. The Balaban J connectivity index is 1.44. The highest BCUT2D eigenvalue weighted by molar-refractivity contribution is 9.10. The lowest BCUT2D eigenvalue weighted by Crippen LogP contribution is -2.23. The largest absolute Gasteiger partial charge is 0.372 e. The van der Waals surface area contributed by atoms with Crippen LogP contribution in [0.1, 0.15) is 19.8 Å². The molecular formula is C22H23BrN4O2S. The molecule has 0 atom stereocenters. The van der Waals surface area contributed by atoms with Crippen molar-refractivity contribution in [1.29, 1.82) is 0 Å². The summed E-state index contributed by atoms with van der Waals surface area (Å²) in [6.45, 7) is 4.59. The van der Waals surface area contributed by atoms with Crippen LogP contribution in [0.25, 0.3) is 10.9 Å². The molecule has 0 spiro atoms. The van der Waals surface area contributed by atoms with E-state index in [0.717, 1.165) is 23.2 Å². The number of fused-ring (bicyclic) bond motifs is 1. The Morgan fingerprint density at radius 3 is 2.60 bits per heavy atom. The topological polar surface area (TPSA) is 67.2 Å². The highest BCUT2D eigenvalue weighted by Crippen LogP contribution is 2.23. The highest BCUT2D eigenvalue weighted by atomic mass is 79.9. The molecule has 1 saturated heterocycles. The maximum Gasteiger partial charge on any atom is 0.262 e. The molecule has 3 aromatic rings. The fraction of sp³-hybridized carbons (Fsp3) is 0.318. The SMILES string of the molecule is CCn1c(SCC(=O)Nc2ccc(N3CCCC3)cc2)nc2ccc(Br)cc2c1=O. The number of anilines is 2. The molecule has 0 unspecified atom stereocenters. The molecule has 1 aliphatic rings. The summed E-state index contributed by atoms with van der Waals surface area (Å²) < 4.78 is 2.45. The first-order valence-corrected chi connectivity index (χ1v) is 11.8. The minimum atomic E-state index is -0.123. The van der Waals surface area contributed by atoms with Gasteiger partial charge < -0.3 is 10.2 Å². The second kappa shape index (κ2) is 9.22. The van der Waals surface area contributed by atoms with E-state index in [9.17, 15) is 9.59 Å². The molecule has 2 aromatic carbocycles. The smallest absolute Gasteiger partial charge is 0.262 e. The van der Waals surface area contributed by atoms with E-state index in [-0.39, 0.29) is 17.2 Å². The number of hydrogen-bond donors (Lipinski definition) is 1. The molecule has 156 valence electrons. The van der Waals surface area contributed by atoms with E-state index >= 15 is 0 Å². The van der Waals surface area contributed by atoms with Gasteiger partial charge in [-0.25, -0.2) is 4.98 Å². The standard InChI is InChI=1S/C22H23BrN4O2S/c1-2-27-21(29)18-13-15(23)5-10-19(18)25-22(27)30-14-20(28)24-16-6-8-17(9-7-16)26-11-3-4-12-26/h5-10,13H,2-4,11-12,14H2,1H3,(H,24,28). The van der Waals surface area contributed by atoms with Gasteiger partial charge in [-0.2, -0.15) is 0 Å². The zero-order valence-electron chi connectivity index (χ0n) is 16.7. The molecule has 4 rings (SSSR count). The Hall–Kier alpha value is -2.32. The highest BCUT2D eigenvalue weighted by Gasteiger charge is 2.14. The van der Waals surface area contributed by atoms with Gasteiger partial charge in [-0.05, 0) is 62.2 Å². The lowest BCUT2D eigenvalue weighted by atomic mass is 10.2. The third kappa shape index (κ3) is 4.54. The molecule has 1 aromatic heterocycles. The van der Waals surface area contributed by atoms with Crippen LogP contribution in [0, 0.1) is 0 Å². The van der Waals surface area contributed by atoms with Gasteiger partial charge >= 0.3 is 0 Å². The van der Waals surface area contributed by atoms with Crippen LogP contribution in [-0.4, -0.2) is 34.3 Å². The summed E-state index contributed by atoms with van der Waals surface area (Å²) in [6.07, 6.45) is 2.47. The Bertz CT molecular complexity index is 1120. The second-order valence-corrected chi connectivity index (χ2v) is 9.04. The van der Waals surface area contributed by atoms with Crippen LogP contribution in [0.4, 0.5) is 11.4 Å². The van der Waals surface area contributed by atoms with Gasteiger partial charge in [-0.3, -0.25) is 14.2 Å². The van der Waals surface area contributed by atoms with Crippen molar-refractivity contribution in [3.8, 4) is 0 Å². The van der Waals surface area contributed by atoms with Crippen LogP contribution in [0.2, 0.25) is 0 Å². The molecule has 1 N–H and O–H groups in total.